The van der Waals surface area contributed by atoms with Gasteiger partial charge in [-0.3, -0.25) is 4.90 Å². The minimum atomic E-state index is 0.555. The molecule has 1 aliphatic rings. The van der Waals surface area contributed by atoms with Crippen molar-refractivity contribution in [2.75, 3.05) is 19.6 Å². The SMILES string of the molecule is CCC1(CC)CCN(Cc2cn(CCN)cn2)C1. The Bertz CT molecular complexity index is 368. The first-order valence-corrected chi connectivity index (χ1v) is 7.14. The van der Waals surface area contributed by atoms with Gasteiger partial charge in [0.05, 0.1) is 12.0 Å². The second-order valence-corrected chi connectivity index (χ2v) is 5.56. The van der Waals surface area contributed by atoms with Crippen LogP contribution in [0.25, 0.3) is 0 Å². The summed E-state index contributed by atoms with van der Waals surface area (Å²) < 4.78 is 2.08. The maximum atomic E-state index is 5.55. The van der Waals surface area contributed by atoms with Crippen molar-refractivity contribution in [1.29, 1.82) is 0 Å². The normalized spacial score (nSPS) is 19.5. The van der Waals surface area contributed by atoms with Gasteiger partial charge in [0.15, 0.2) is 0 Å². The molecule has 1 aromatic rings. The zero-order valence-corrected chi connectivity index (χ0v) is 11.7. The van der Waals surface area contributed by atoms with Crippen LogP contribution in [0.2, 0.25) is 0 Å². The van der Waals surface area contributed by atoms with Crippen LogP contribution in [0.3, 0.4) is 0 Å². The van der Waals surface area contributed by atoms with Crippen LogP contribution in [0.1, 0.15) is 38.8 Å². The predicted molar refractivity (Wildman–Crippen MR) is 74.2 cm³/mol. The summed E-state index contributed by atoms with van der Waals surface area (Å²) in [6.07, 6.45) is 7.95. The lowest BCUT2D eigenvalue weighted by molar-refractivity contribution is 0.235. The molecule has 1 aliphatic heterocycles. The number of rotatable bonds is 6. The first-order valence-electron chi connectivity index (χ1n) is 7.14. The van der Waals surface area contributed by atoms with E-state index in [0.717, 1.165) is 13.1 Å². The van der Waals surface area contributed by atoms with E-state index in [0.29, 0.717) is 12.0 Å². The Labute approximate surface area is 110 Å². The molecule has 2 N–H and O–H groups in total. The molecule has 18 heavy (non-hydrogen) atoms. The molecule has 0 aromatic carbocycles. The van der Waals surface area contributed by atoms with Crippen molar-refractivity contribution in [1.82, 2.24) is 14.5 Å². The van der Waals surface area contributed by atoms with Gasteiger partial charge in [-0.25, -0.2) is 4.98 Å². The van der Waals surface area contributed by atoms with E-state index in [2.05, 4.69) is 34.5 Å². The molecule has 4 nitrogen and oxygen atoms in total. The maximum Gasteiger partial charge on any atom is 0.0950 e. The van der Waals surface area contributed by atoms with Gasteiger partial charge >= 0.3 is 0 Å². The number of imidazole rings is 1. The lowest BCUT2D eigenvalue weighted by atomic mass is 9.82. The average Bonchev–Trinajstić information content (AvgIpc) is 2.98. The van der Waals surface area contributed by atoms with Crippen molar-refractivity contribution in [3.05, 3.63) is 18.2 Å². The van der Waals surface area contributed by atoms with Gasteiger partial charge in [0.2, 0.25) is 0 Å². The summed E-state index contributed by atoms with van der Waals surface area (Å²) >= 11 is 0. The van der Waals surface area contributed by atoms with Gasteiger partial charge in [-0.1, -0.05) is 13.8 Å². The van der Waals surface area contributed by atoms with E-state index in [1.54, 1.807) is 0 Å². The highest BCUT2D eigenvalue weighted by Gasteiger charge is 2.34. The smallest absolute Gasteiger partial charge is 0.0950 e. The second kappa shape index (κ2) is 5.85. The fourth-order valence-electron chi connectivity index (χ4n) is 2.98. The molecule has 0 unspecified atom stereocenters. The van der Waals surface area contributed by atoms with Gasteiger partial charge in [-0.15, -0.1) is 0 Å². The van der Waals surface area contributed by atoms with E-state index < -0.39 is 0 Å². The summed E-state index contributed by atoms with van der Waals surface area (Å²) in [7, 11) is 0. The third kappa shape index (κ3) is 2.93. The molecule has 2 heterocycles. The molecule has 1 fully saturated rings. The summed E-state index contributed by atoms with van der Waals surface area (Å²) in [6.45, 7) is 9.61. The highest BCUT2D eigenvalue weighted by atomic mass is 15.2. The highest BCUT2D eigenvalue weighted by molar-refractivity contribution is 4.99. The van der Waals surface area contributed by atoms with Crippen LogP contribution in [0.5, 0.6) is 0 Å². The van der Waals surface area contributed by atoms with Crippen LogP contribution in [-0.4, -0.2) is 34.1 Å². The molecule has 1 saturated heterocycles. The zero-order valence-electron chi connectivity index (χ0n) is 11.7. The van der Waals surface area contributed by atoms with E-state index in [4.69, 9.17) is 5.73 Å². The largest absolute Gasteiger partial charge is 0.336 e. The zero-order chi connectivity index (χ0) is 13.0. The third-order valence-electron chi connectivity index (χ3n) is 4.48. The molecule has 0 spiro atoms. The van der Waals surface area contributed by atoms with Crippen LogP contribution in [-0.2, 0) is 13.1 Å². The fourth-order valence-corrected chi connectivity index (χ4v) is 2.98. The number of hydrogen-bond acceptors (Lipinski definition) is 3. The van der Waals surface area contributed by atoms with Gasteiger partial charge in [0.25, 0.3) is 0 Å². The molecule has 1 aromatic heterocycles. The third-order valence-corrected chi connectivity index (χ3v) is 4.48. The van der Waals surface area contributed by atoms with Gasteiger partial charge < -0.3 is 10.3 Å². The predicted octanol–water partition coefficient (Wildman–Crippen LogP) is 1.85. The van der Waals surface area contributed by atoms with E-state index in [9.17, 15) is 0 Å². The maximum absolute atomic E-state index is 5.55. The Morgan fingerprint density at radius 1 is 1.39 bits per heavy atom. The van der Waals surface area contributed by atoms with Crippen molar-refractivity contribution in [2.24, 2.45) is 11.1 Å². The van der Waals surface area contributed by atoms with Crippen molar-refractivity contribution in [3.8, 4) is 0 Å². The van der Waals surface area contributed by atoms with Gasteiger partial charge in [-0.05, 0) is 31.2 Å². The molecule has 0 saturated carbocycles. The molecule has 0 aliphatic carbocycles. The monoisotopic (exact) mass is 250 g/mol. The van der Waals surface area contributed by atoms with Crippen molar-refractivity contribution < 1.29 is 0 Å². The van der Waals surface area contributed by atoms with Crippen LogP contribution in [0.15, 0.2) is 12.5 Å². The number of nitrogens with zero attached hydrogens (tertiary/aromatic N) is 3. The lowest BCUT2D eigenvalue weighted by Crippen LogP contribution is -2.26. The molecular formula is C14H26N4. The number of likely N-dealkylation sites (tertiary alicyclic amines) is 1. The first-order chi connectivity index (χ1) is 8.71. The van der Waals surface area contributed by atoms with E-state index >= 15 is 0 Å². The lowest BCUT2D eigenvalue weighted by Gasteiger charge is -2.26. The Morgan fingerprint density at radius 2 is 2.17 bits per heavy atom. The standard InChI is InChI=1S/C14H26N4/c1-3-14(4-2)5-7-17(11-14)9-13-10-18(8-6-15)12-16-13/h10,12H,3-9,11,15H2,1-2H3. The molecule has 0 radical (unpaired) electrons. The molecule has 4 heteroatoms. The molecule has 0 bridgehead atoms. The molecule has 2 rings (SSSR count). The van der Waals surface area contributed by atoms with Crippen LogP contribution in [0, 0.1) is 5.41 Å². The second-order valence-electron chi connectivity index (χ2n) is 5.56. The van der Waals surface area contributed by atoms with E-state index in [1.807, 2.05) is 6.33 Å². The number of hydrogen-bond donors (Lipinski definition) is 1. The quantitative estimate of drug-likeness (QED) is 0.838. The van der Waals surface area contributed by atoms with Crippen LogP contribution in [0.4, 0.5) is 0 Å². The highest BCUT2D eigenvalue weighted by Crippen LogP contribution is 2.37. The summed E-state index contributed by atoms with van der Waals surface area (Å²) in [6, 6.07) is 0. The summed E-state index contributed by atoms with van der Waals surface area (Å²) in [5.41, 5.74) is 7.27. The van der Waals surface area contributed by atoms with Gasteiger partial charge in [-0.2, -0.15) is 0 Å². The number of nitrogens with two attached hydrogens (primary N) is 1. The van der Waals surface area contributed by atoms with E-state index in [1.165, 1.54) is 38.0 Å². The minimum absolute atomic E-state index is 0.555. The van der Waals surface area contributed by atoms with E-state index in [-0.39, 0.29) is 0 Å². The Hall–Kier alpha value is -0.870. The van der Waals surface area contributed by atoms with Crippen LogP contribution >= 0.6 is 0 Å². The Balaban J connectivity index is 1.90. The van der Waals surface area contributed by atoms with Crippen LogP contribution < -0.4 is 5.73 Å². The van der Waals surface area contributed by atoms with Gasteiger partial charge in [0.1, 0.15) is 0 Å². The number of aromatic nitrogens is 2. The molecule has 0 amide bonds. The molecule has 0 atom stereocenters. The minimum Gasteiger partial charge on any atom is -0.336 e. The Morgan fingerprint density at radius 3 is 2.78 bits per heavy atom. The molecule has 102 valence electrons. The summed E-state index contributed by atoms with van der Waals surface area (Å²) in [5, 5.41) is 0. The summed E-state index contributed by atoms with van der Waals surface area (Å²) in [5.74, 6) is 0. The fraction of sp³-hybridized carbons (Fsp3) is 0.786. The Kier molecular flexibility index (Phi) is 4.40. The molecular weight excluding hydrogens is 224 g/mol. The van der Waals surface area contributed by atoms with Crippen molar-refractivity contribution in [3.63, 3.8) is 0 Å². The van der Waals surface area contributed by atoms with Crippen molar-refractivity contribution >= 4 is 0 Å². The average molecular weight is 250 g/mol. The topological polar surface area (TPSA) is 47.1 Å². The van der Waals surface area contributed by atoms with Crippen molar-refractivity contribution in [2.45, 2.75) is 46.2 Å². The first kappa shape index (κ1) is 13.6. The van der Waals surface area contributed by atoms with Gasteiger partial charge in [0, 0.05) is 32.4 Å². The summed E-state index contributed by atoms with van der Waals surface area (Å²) in [4.78, 5) is 7.01.